The van der Waals surface area contributed by atoms with E-state index >= 15 is 0 Å². The Labute approximate surface area is 95.5 Å². The van der Waals surface area contributed by atoms with Gasteiger partial charge in [-0.25, -0.2) is 4.98 Å². The van der Waals surface area contributed by atoms with Crippen molar-refractivity contribution in [3.63, 3.8) is 0 Å². The molecule has 2 rings (SSSR count). The second kappa shape index (κ2) is 4.75. The minimum atomic E-state index is 0.165. The zero-order valence-electron chi connectivity index (χ0n) is 9.54. The summed E-state index contributed by atoms with van der Waals surface area (Å²) in [6.45, 7) is 2.08. The van der Waals surface area contributed by atoms with E-state index in [9.17, 15) is 0 Å². The van der Waals surface area contributed by atoms with E-state index in [0.717, 1.165) is 5.82 Å². The van der Waals surface area contributed by atoms with Crippen LogP contribution >= 0.6 is 0 Å². The monoisotopic (exact) mass is 213 g/mol. The summed E-state index contributed by atoms with van der Waals surface area (Å²) in [5, 5.41) is 0. The first kappa shape index (κ1) is 10.6. The molecule has 0 amide bonds. The molecule has 16 heavy (non-hydrogen) atoms. The Kier molecular flexibility index (Phi) is 3.15. The number of aryl methyl sites for hydroxylation is 1. The number of aliphatic imine (C=N–C) groups is 1. The summed E-state index contributed by atoms with van der Waals surface area (Å²) >= 11 is 0. The third-order valence-electron chi connectivity index (χ3n) is 2.55. The van der Waals surface area contributed by atoms with Gasteiger partial charge in [0.1, 0.15) is 5.82 Å². The van der Waals surface area contributed by atoms with E-state index in [-0.39, 0.29) is 6.04 Å². The van der Waals surface area contributed by atoms with Crippen molar-refractivity contribution in [2.24, 2.45) is 12.0 Å². The predicted octanol–water partition coefficient (Wildman–Crippen LogP) is 2.60. The maximum atomic E-state index is 4.49. The van der Waals surface area contributed by atoms with E-state index in [2.05, 4.69) is 29.0 Å². The molecule has 0 aliphatic rings. The van der Waals surface area contributed by atoms with Gasteiger partial charge < -0.3 is 4.57 Å². The molecule has 0 aliphatic heterocycles. The van der Waals surface area contributed by atoms with Gasteiger partial charge in [0, 0.05) is 19.4 Å². The molecule has 3 heteroatoms. The highest BCUT2D eigenvalue weighted by Gasteiger charge is 2.01. The smallest absolute Gasteiger partial charge is 0.150 e. The standard InChI is InChI=1S/C13H15N3/c1-11(12-6-4-3-5-7-12)15-10-13-14-8-9-16(13)2/h3-11H,1-2H3/b15-10+/t11-/m0/s1. The number of benzene rings is 1. The summed E-state index contributed by atoms with van der Waals surface area (Å²) < 4.78 is 1.95. The first-order valence-electron chi connectivity index (χ1n) is 5.33. The van der Waals surface area contributed by atoms with Crippen molar-refractivity contribution in [2.45, 2.75) is 13.0 Å². The Hall–Kier alpha value is -1.90. The predicted molar refractivity (Wildman–Crippen MR) is 65.7 cm³/mol. The summed E-state index contributed by atoms with van der Waals surface area (Å²) in [6.07, 6.45) is 5.50. The lowest BCUT2D eigenvalue weighted by Gasteiger charge is -2.05. The maximum Gasteiger partial charge on any atom is 0.150 e. The Morgan fingerprint density at radius 2 is 2.06 bits per heavy atom. The highest BCUT2D eigenvalue weighted by atomic mass is 15.0. The molecule has 0 spiro atoms. The number of rotatable bonds is 3. The Bertz CT molecular complexity index is 471. The van der Waals surface area contributed by atoms with Gasteiger partial charge in [-0.05, 0) is 12.5 Å². The first-order chi connectivity index (χ1) is 7.77. The second-order valence-electron chi connectivity index (χ2n) is 3.76. The van der Waals surface area contributed by atoms with Crippen LogP contribution in [0.3, 0.4) is 0 Å². The largest absolute Gasteiger partial charge is 0.333 e. The van der Waals surface area contributed by atoms with Crippen molar-refractivity contribution < 1.29 is 0 Å². The van der Waals surface area contributed by atoms with Crippen molar-refractivity contribution in [3.05, 3.63) is 54.1 Å². The SMILES string of the molecule is C[C@H](/N=C/c1nccn1C)c1ccccc1. The molecule has 1 heterocycles. The van der Waals surface area contributed by atoms with Gasteiger partial charge in [0.05, 0.1) is 12.3 Å². The molecule has 0 unspecified atom stereocenters. The molecule has 0 saturated carbocycles. The summed E-state index contributed by atoms with van der Waals surface area (Å²) in [5.74, 6) is 0.878. The Morgan fingerprint density at radius 1 is 1.31 bits per heavy atom. The van der Waals surface area contributed by atoms with Gasteiger partial charge in [-0.3, -0.25) is 4.99 Å². The topological polar surface area (TPSA) is 30.2 Å². The fraction of sp³-hybridized carbons (Fsp3) is 0.231. The van der Waals surface area contributed by atoms with E-state index < -0.39 is 0 Å². The summed E-state index contributed by atoms with van der Waals surface area (Å²) in [4.78, 5) is 8.68. The lowest BCUT2D eigenvalue weighted by atomic mass is 10.1. The van der Waals surface area contributed by atoms with Gasteiger partial charge in [-0.15, -0.1) is 0 Å². The van der Waals surface area contributed by atoms with Crippen molar-refractivity contribution in [2.75, 3.05) is 0 Å². The molecular formula is C13H15N3. The van der Waals surface area contributed by atoms with Crippen molar-refractivity contribution in [1.29, 1.82) is 0 Å². The molecule has 3 nitrogen and oxygen atoms in total. The molecule has 0 radical (unpaired) electrons. The molecular weight excluding hydrogens is 198 g/mol. The number of nitrogens with zero attached hydrogens (tertiary/aromatic N) is 3. The fourth-order valence-corrected chi connectivity index (χ4v) is 1.50. The maximum absolute atomic E-state index is 4.49. The van der Waals surface area contributed by atoms with E-state index in [1.165, 1.54) is 5.56 Å². The van der Waals surface area contributed by atoms with Crippen LogP contribution in [0.1, 0.15) is 24.4 Å². The van der Waals surface area contributed by atoms with Gasteiger partial charge in [0.25, 0.3) is 0 Å². The Balaban J connectivity index is 2.11. The van der Waals surface area contributed by atoms with Gasteiger partial charge in [-0.1, -0.05) is 30.3 Å². The van der Waals surface area contributed by atoms with Crippen LogP contribution < -0.4 is 0 Å². The van der Waals surface area contributed by atoms with Crippen LogP contribution in [0.2, 0.25) is 0 Å². The third-order valence-corrected chi connectivity index (χ3v) is 2.55. The van der Waals surface area contributed by atoms with Gasteiger partial charge in [0.2, 0.25) is 0 Å². The molecule has 2 aromatic rings. The third kappa shape index (κ3) is 2.37. The van der Waals surface area contributed by atoms with Crippen LogP contribution in [-0.4, -0.2) is 15.8 Å². The van der Waals surface area contributed by atoms with Crippen molar-refractivity contribution in [3.8, 4) is 0 Å². The molecule has 0 bridgehead atoms. The zero-order chi connectivity index (χ0) is 11.4. The van der Waals surface area contributed by atoms with Gasteiger partial charge >= 0.3 is 0 Å². The molecule has 0 N–H and O–H groups in total. The molecule has 82 valence electrons. The highest BCUT2D eigenvalue weighted by molar-refractivity contribution is 5.74. The normalized spacial score (nSPS) is 13.1. The van der Waals surface area contributed by atoms with E-state index in [1.54, 1.807) is 6.20 Å². The summed E-state index contributed by atoms with van der Waals surface area (Å²) in [5.41, 5.74) is 1.22. The molecule has 0 fully saturated rings. The summed E-state index contributed by atoms with van der Waals surface area (Å²) in [7, 11) is 1.96. The number of aromatic nitrogens is 2. The minimum Gasteiger partial charge on any atom is -0.333 e. The molecule has 1 aromatic heterocycles. The van der Waals surface area contributed by atoms with Crippen LogP contribution in [0.4, 0.5) is 0 Å². The lowest BCUT2D eigenvalue weighted by Crippen LogP contribution is -1.97. The minimum absolute atomic E-state index is 0.165. The fourth-order valence-electron chi connectivity index (χ4n) is 1.50. The average Bonchev–Trinajstić information content (AvgIpc) is 2.73. The van der Waals surface area contributed by atoms with Gasteiger partial charge in [0.15, 0.2) is 0 Å². The molecule has 1 atom stereocenters. The first-order valence-corrected chi connectivity index (χ1v) is 5.33. The molecule has 0 saturated heterocycles. The van der Waals surface area contributed by atoms with Crippen LogP contribution in [-0.2, 0) is 7.05 Å². The quantitative estimate of drug-likeness (QED) is 0.721. The zero-order valence-corrected chi connectivity index (χ0v) is 9.54. The van der Waals surface area contributed by atoms with Crippen molar-refractivity contribution in [1.82, 2.24) is 9.55 Å². The number of hydrogen-bond acceptors (Lipinski definition) is 2. The van der Waals surface area contributed by atoms with Crippen molar-refractivity contribution >= 4 is 6.21 Å². The van der Waals surface area contributed by atoms with Crippen LogP contribution in [0.25, 0.3) is 0 Å². The highest BCUT2D eigenvalue weighted by Crippen LogP contribution is 2.15. The van der Waals surface area contributed by atoms with Crippen LogP contribution in [0, 0.1) is 0 Å². The lowest BCUT2D eigenvalue weighted by molar-refractivity contribution is 0.818. The molecule has 0 aliphatic carbocycles. The average molecular weight is 213 g/mol. The summed E-state index contributed by atoms with van der Waals surface area (Å²) in [6, 6.07) is 10.4. The van der Waals surface area contributed by atoms with Crippen LogP contribution in [0.15, 0.2) is 47.7 Å². The van der Waals surface area contributed by atoms with E-state index in [0.29, 0.717) is 0 Å². The number of imidazole rings is 1. The van der Waals surface area contributed by atoms with Gasteiger partial charge in [-0.2, -0.15) is 0 Å². The number of hydrogen-bond donors (Lipinski definition) is 0. The molecule has 1 aromatic carbocycles. The van der Waals surface area contributed by atoms with E-state index in [4.69, 9.17) is 0 Å². The van der Waals surface area contributed by atoms with Crippen LogP contribution in [0.5, 0.6) is 0 Å². The Morgan fingerprint density at radius 3 is 2.69 bits per heavy atom. The van der Waals surface area contributed by atoms with E-state index in [1.807, 2.05) is 42.2 Å². The second-order valence-corrected chi connectivity index (χ2v) is 3.76.